The first-order valence-corrected chi connectivity index (χ1v) is 5.76. The van der Waals surface area contributed by atoms with Crippen LogP contribution >= 0.6 is 0 Å². The van der Waals surface area contributed by atoms with Gasteiger partial charge in [0.15, 0.2) is 5.96 Å². The molecule has 0 spiro atoms. The fraction of sp³-hybridized carbons (Fsp3) is 0.600. The van der Waals surface area contributed by atoms with E-state index in [-0.39, 0.29) is 19.0 Å². The number of amides is 2. The van der Waals surface area contributed by atoms with Crippen molar-refractivity contribution < 1.29 is 14.4 Å². The third-order valence-electron chi connectivity index (χ3n) is 2.11. The van der Waals surface area contributed by atoms with E-state index in [0.717, 1.165) is 0 Å². The van der Waals surface area contributed by atoms with E-state index < -0.39 is 17.9 Å². The zero-order valence-electron chi connectivity index (χ0n) is 10.6. The first-order valence-electron chi connectivity index (χ1n) is 5.76. The monoisotopic (exact) mass is 272 g/mol. The molecule has 1 atom stereocenters. The van der Waals surface area contributed by atoms with E-state index in [0.29, 0.717) is 25.7 Å². The highest BCUT2D eigenvalue weighted by Gasteiger charge is 2.11. The topological polar surface area (TPSA) is 166 Å². The van der Waals surface area contributed by atoms with Gasteiger partial charge in [-0.1, -0.05) is 0 Å². The molecule has 0 saturated heterocycles. The summed E-state index contributed by atoms with van der Waals surface area (Å²) in [5, 5.41) is 4.76. The Hall–Kier alpha value is -2.16. The standard InChI is InChI=1S/C10H20N6O3/c11-4-8(18)15-5-9(19)16-7(6-17)2-1-3-14-10(12)13/h6-7H,1-5,11H2,(H,15,18)(H,16,19)(H4,12,13,14). The molecule has 0 heterocycles. The third-order valence-corrected chi connectivity index (χ3v) is 2.11. The summed E-state index contributed by atoms with van der Waals surface area (Å²) in [6.45, 7) is -0.0242. The lowest BCUT2D eigenvalue weighted by Crippen LogP contribution is -2.44. The molecular weight excluding hydrogens is 252 g/mol. The molecule has 2 amide bonds. The molecule has 19 heavy (non-hydrogen) atoms. The Morgan fingerprint density at radius 1 is 1.26 bits per heavy atom. The van der Waals surface area contributed by atoms with Crippen molar-refractivity contribution in [1.29, 1.82) is 0 Å². The molecule has 0 aromatic carbocycles. The lowest BCUT2D eigenvalue weighted by molar-refractivity contribution is -0.126. The Balaban J connectivity index is 3.91. The van der Waals surface area contributed by atoms with Crippen molar-refractivity contribution in [2.45, 2.75) is 18.9 Å². The Kier molecular flexibility index (Phi) is 8.71. The first kappa shape index (κ1) is 16.8. The normalized spacial score (nSPS) is 11.2. The number of carbonyl (C=O) groups excluding carboxylic acids is 3. The minimum Gasteiger partial charge on any atom is -0.370 e. The van der Waals surface area contributed by atoms with Gasteiger partial charge in [0.25, 0.3) is 0 Å². The second kappa shape index (κ2) is 9.83. The molecule has 1 unspecified atom stereocenters. The van der Waals surface area contributed by atoms with Crippen molar-refractivity contribution in [1.82, 2.24) is 10.6 Å². The van der Waals surface area contributed by atoms with Gasteiger partial charge in [-0.3, -0.25) is 14.6 Å². The Labute approximate surface area is 111 Å². The van der Waals surface area contributed by atoms with Crippen LogP contribution in [-0.4, -0.2) is 49.7 Å². The Morgan fingerprint density at radius 2 is 1.95 bits per heavy atom. The van der Waals surface area contributed by atoms with E-state index in [1.54, 1.807) is 0 Å². The van der Waals surface area contributed by atoms with Crippen LogP contribution < -0.4 is 27.8 Å². The van der Waals surface area contributed by atoms with Crippen LogP contribution in [0.1, 0.15) is 12.8 Å². The van der Waals surface area contributed by atoms with Crippen LogP contribution in [0.5, 0.6) is 0 Å². The van der Waals surface area contributed by atoms with Gasteiger partial charge in [-0.25, -0.2) is 0 Å². The minimum absolute atomic E-state index is 0.0174. The zero-order valence-corrected chi connectivity index (χ0v) is 10.6. The summed E-state index contributed by atoms with van der Waals surface area (Å²) >= 11 is 0. The number of aliphatic imine (C=N–C) groups is 1. The molecular formula is C10H20N6O3. The van der Waals surface area contributed by atoms with Crippen molar-refractivity contribution in [3.8, 4) is 0 Å². The van der Waals surface area contributed by atoms with Crippen LogP contribution in [0, 0.1) is 0 Å². The zero-order chi connectivity index (χ0) is 14.7. The molecule has 0 aromatic rings. The highest BCUT2D eigenvalue weighted by molar-refractivity contribution is 5.86. The highest BCUT2D eigenvalue weighted by atomic mass is 16.2. The number of nitrogens with zero attached hydrogens (tertiary/aromatic N) is 1. The summed E-state index contributed by atoms with van der Waals surface area (Å²) in [4.78, 5) is 36.7. The molecule has 0 fully saturated rings. The Morgan fingerprint density at radius 3 is 2.47 bits per heavy atom. The van der Waals surface area contributed by atoms with Crippen LogP contribution in [0.15, 0.2) is 4.99 Å². The van der Waals surface area contributed by atoms with E-state index >= 15 is 0 Å². The summed E-state index contributed by atoms with van der Waals surface area (Å²) < 4.78 is 0. The summed E-state index contributed by atoms with van der Waals surface area (Å²) in [6.07, 6.45) is 1.59. The maximum Gasteiger partial charge on any atom is 0.239 e. The predicted molar refractivity (Wildman–Crippen MR) is 70.0 cm³/mol. The number of nitrogens with two attached hydrogens (primary N) is 3. The van der Waals surface area contributed by atoms with Gasteiger partial charge >= 0.3 is 0 Å². The molecule has 0 radical (unpaired) electrons. The van der Waals surface area contributed by atoms with Crippen molar-refractivity contribution in [2.75, 3.05) is 19.6 Å². The van der Waals surface area contributed by atoms with Crippen LogP contribution in [0.3, 0.4) is 0 Å². The lowest BCUT2D eigenvalue weighted by atomic mass is 10.2. The third kappa shape index (κ3) is 9.53. The Bertz CT molecular complexity index is 340. The molecule has 108 valence electrons. The van der Waals surface area contributed by atoms with Gasteiger partial charge in [-0.05, 0) is 12.8 Å². The molecule has 0 aliphatic heterocycles. The quantitative estimate of drug-likeness (QED) is 0.128. The van der Waals surface area contributed by atoms with E-state index in [1.165, 1.54) is 0 Å². The van der Waals surface area contributed by atoms with E-state index in [9.17, 15) is 14.4 Å². The van der Waals surface area contributed by atoms with E-state index in [4.69, 9.17) is 17.2 Å². The van der Waals surface area contributed by atoms with Crippen molar-refractivity contribution in [2.24, 2.45) is 22.2 Å². The maximum absolute atomic E-state index is 11.4. The number of aldehydes is 1. The summed E-state index contributed by atoms with van der Waals surface area (Å²) in [7, 11) is 0. The van der Waals surface area contributed by atoms with Crippen molar-refractivity contribution >= 4 is 24.1 Å². The lowest BCUT2D eigenvalue weighted by Gasteiger charge is -2.12. The van der Waals surface area contributed by atoms with Gasteiger partial charge in [-0.15, -0.1) is 0 Å². The van der Waals surface area contributed by atoms with Crippen LogP contribution in [0.4, 0.5) is 0 Å². The molecule has 9 nitrogen and oxygen atoms in total. The molecule has 8 N–H and O–H groups in total. The van der Waals surface area contributed by atoms with Gasteiger partial charge in [0.2, 0.25) is 11.8 Å². The number of hydrogen-bond donors (Lipinski definition) is 5. The van der Waals surface area contributed by atoms with Crippen molar-refractivity contribution in [3.05, 3.63) is 0 Å². The highest BCUT2D eigenvalue weighted by Crippen LogP contribution is 1.95. The second-order valence-corrected chi connectivity index (χ2v) is 3.74. The van der Waals surface area contributed by atoms with Crippen LogP contribution in [0.2, 0.25) is 0 Å². The van der Waals surface area contributed by atoms with Gasteiger partial charge < -0.3 is 32.6 Å². The summed E-state index contributed by atoms with van der Waals surface area (Å²) in [6, 6.07) is -0.628. The smallest absolute Gasteiger partial charge is 0.239 e. The minimum atomic E-state index is -0.628. The predicted octanol–water partition coefficient (Wildman–Crippen LogP) is -3.20. The number of guanidine groups is 1. The molecule has 0 rings (SSSR count). The van der Waals surface area contributed by atoms with E-state index in [1.807, 2.05) is 0 Å². The summed E-state index contributed by atoms with van der Waals surface area (Å²) in [5.74, 6) is -0.914. The molecule has 0 aliphatic rings. The average molecular weight is 272 g/mol. The van der Waals surface area contributed by atoms with Gasteiger partial charge in [0.1, 0.15) is 6.29 Å². The van der Waals surface area contributed by atoms with Crippen LogP contribution in [0.25, 0.3) is 0 Å². The average Bonchev–Trinajstić information content (AvgIpc) is 2.39. The number of rotatable bonds is 9. The second-order valence-electron chi connectivity index (χ2n) is 3.74. The fourth-order valence-corrected chi connectivity index (χ4v) is 1.20. The van der Waals surface area contributed by atoms with E-state index in [2.05, 4.69) is 15.6 Å². The number of nitrogens with one attached hydrogen (secondary N) is 2. The van der Waals surface area contributed by atoms with Gasteiger partial charge in [-0.2, -0.15) is 0 Å². The molecule has 9 heteroatoms. The fourth-order valence-electron chi connectivity index (χ4n) is 1.20. The largest absolute Gasteiger partial charge is 0.370 e. The SMILES string of the molecule is NCC(=O)NCC(=O)NC(C=O)CCCN=C(N)N. The first-order chi connectivity index (χ1) is 8.99. The molecule has 0 bridgehead atoms. The van der Waals surface area contributed by atoms with Crippen molar-refractivity contribution in [3.63, 3.8) is 0 Å². The van der Waals surface area contributed by atoms with Crippen LogP contribution in [-0.2, 0) is 14.4 Å². The molecule has 0 saturated carbocycles. The number of carbonyl (C=O) groups is 3. The maximum atomic E-state index is 11.4. The molecule has 0 aromatic heterocycles. The summed E-state index contributed by atoms with van der Waals surface area (Å²) in [5.41, 5.74) is 15.3. The number of hydrogen-bond acceptors (Lipinski definition) is 5. The molecule has 0 aliphatic carbocycles. The van der Waals surface area contributed by atoms with Gasteiger partial charge in [0, 0.05) is 6.54 Å². The van der Waals surface area contributed by atoms with Gasteiger partial charge in [0.05, 0.1) is 19.1 Å².